The molecule has 9 heteroatoms. The number of likely N-dealkylation sites (N-methyl/N-ethyl adjacent to an activating group) is 1. The molecule has 0 aromatic heterocycles. The van der Waals surface area contributed by atoms with Crippen molar-refractivity contribution in [2.75, 3.05) is 47.5 Å². The molecule has 0 saturated heterocycles. The van der Waals surface area contributed by atoms with Crippen molar-refractivity contribution in [2.45, 2.75) is 283 Å². The van der Waals surface area contributed by atoms with Crippen LogP contribution in [-0.4, -0.2) is 82.3 Å². The lowest BCUT2D eigenvalue weighted by Gasteiger charge is -2.26. The van der Waals surface area contributed by atoms with Crippen LogP contribution >= 0.6 is 0 Å². The molecule has 0 N–H and O–H groups in total. The summed E-state index contributed by atoms with van der Waals surface area (Å²) in [5, 5.41) is 11.8. The SMILES string of the molecule is CC/C=C\C/C=C\C/C=C\C/C=C\CCCCCCCCCCCCCCCCCCCCCCCCCCCCC(=O)OC(COC(=O)CCCC/C=C\C/C=C\C/C=C\C/C=C\CC)COC(OCC[N+](C)(C)C)C(=O)[O-]. The number of carbonyl (C=O) groups is 3. The van der Waals surface area contributed by atoms with Gasteiger partial charge in [-0.1, -0.05) is 265 Å². The topological polar surface area (TPSA) is 111 Å². The van der Waals surface area contributed by atoms with E-state index in [9.17, 15) is 19.5 Å². The maximum atomic E-state index is 12.9. The molecule has 0 bridgehead atoms. The number of quaternary nitrogens is 1. The van der Waals surface area contributed by atoms with Gasteiger partial charge >= 0.3 is 11.9 Å². The molecule has 2 atom stereocenters. The van der Waals surface area contributed by atoms with Crippen LogP contribution in [0.25, 0.3) is 0 Å². The summed E-state index contributed by atoms with van der Waals surface area (Å²) in [4.78, 5) is 37.3. The molecule has 0 radical (unpaired) electrons. The Kier molecular flexibility index (Phi) is 57.4. The van der Waals surface area contributed by atoms with Crippen molar-refractivity contribution in [3.63, 3.8) is 0 Å². The predicted octanol–water partition coefficient (Wildman–Crippen LogP) is 18.4. The van der Waals surface area contributed by atoms with Gasteiger partial charge in [0.25, 0.3) is 0 Å². The highest BCUT2D eigenvalue weighted by atomic mass is 16.7. The van der Waals surface area contributed by atoms with Gasteiger partial charge < -0.3 is 33.3 Å². The molecular weight excluding hydrogens is 983 g/mol. The minimum absolute atomic E-state index is 0.139. The second-order valence-electron chi connectivity index (χ2n) is 22.6. The molecule has 0 fully saturated rings. The molecule has 0 rings (SSSR count). The molecule has 0 heterocycles. The molecule has 0 aromatic carbocycles. The summed E-state index contributed by atoms with van der Waals surface area (Å²) in [7, 11) is 5.91. The highest BCUT2D eigenvalue weighted by Gasteiger charge is 2.22. The molecule has 454 valence electrons. The number of carboxylic acid groups (broad SMARTS) is 1. The third kappa shape index (κ3) is 61.7. The number of rotatable bonds is 59. The third-order valence-corrected chi connectivity index (χ3v) is 13.8. The minimum atomic E-state index is -1.63. The largest absolute Gasteiger partial charge is 0.545 e. The molecule has 2 unspecified atom stereocenters. The standard InChI is InChI=1S/C70H121NO8/c1-6-8-10-12-14-16-18-20-22-23-24-25-26-27-28-29-30-31-32-33-34-35-36-37-38-39-40-41-42-43-44-45-47-49-51-53-55-57-59-61-68(73)79-66(65-78-70(69(74)75)76-63-62-71(3,4)5)64-77-67(72)60-58-56-54-52-50-48-46-21-19-17-15-13-11-9-7-2/h8-11,14-17,20-22,24-25,46,50,52,66,70H,6-7,12-13,18-19,23,26-45,47-49,51,53-65H2,1-5H3/b10-8-,11-9-,16-14-,17-15-,22-20-,25-24-,46-21-,52-50-. The molecular formula is C70H121NO8. The van der Waals surface area contributed by atoms with E-state index in [-0.39, 0.29) is 32.7 Å². The fourth-order valence-electron chi connectivity index (χ4n) is 8.93. The lowest BCUT2D eigenvalue weighted by molar-refractivity contribution is -0.870. The Morgan fingerprint density at radius 2 is 0.684 bits per heavy atom. The molecule has 0 aliphatic heterocycles. The van der Waals surface area contributed by atoms with E-state index >= 15 is 0 Å². The summed E-state index contributed by atoms with van der Waals surface area (Å²) >= 11 is 0. The van der Waals surface area contributed by atoms with E-state index in [1.165, 1.54) is 154 Å². The number of ether oxygens (including phenoxy) is 4. The molecule has 0 amide bonds. The van der Waals surface area contributed by atoms with Crippen LogP contribution in [0.15, 0.2) is 97.2 Å². The zero-order chi connectivity index (χ0) is 57.6. The number of carboxylic acids is 1. The second-order valence-corrected chi connectivity index (χ2v) is 22.6. The molecule has 0 aromatic rings. The summed E-state index contributed by atoms with van der Waals surface area (Å²) in [5.74, 6) is -2.33. The number of aliphatic carboxylic acids is 1. The summed E-state index contributed by atoms with van der Waals surface area (Å²) < 4.78 is 22.7. The lowest BCUT2D eigenvalue weighted by Crippen LogP contribution is -2.44. The summed E-state index contributed by atoms with van der Waals surface area (Å²) in [6.45, 7) is 4.48. The summed E-state index contributed by atoms with van der Waals surface area (Å²) in [5.41, 5.74) is 0. The average Bonchev–Trinajstić information content (AvgIpc) is 3.42. The lowest BCUT2D eigenvalue weighted by atomic mass is 10.0. The number of unbranched alkanes of at least 4 members (excludes halogenated alkanes) is 28. The number of carbonyl (C=O) groups excluding carboxylic acids is 3. The number of hydrogen-bond acceptors (Lipinski definition) is 8. The summed E-state index contributed by atoms with van der Waals surface area (Å²) in [6.07, 6.45) is 79.4. The van der Waals surface area contributed by atoms with Crippen LogP contribution < -0.4 is 5.11 Å². The molecule has 79 heavy (non-hydrogen) atoms. The first-order chi connectivity index (χ1) is 38.6. The first-order valence-electron chi connectivity index (χ1n) is 32.4. The quantitative estimate of drug-likeness (QED) is 0.0195. The fourth-order valence-corrected chi connectivity index (χ4v) is 8.93. The zero-order valence-corrected chi connectivity index (χ0v) is 51.7. The Morgan fingerprint density at radius 3 is 1.04 bits per heavy atom. The maximum absolute atomic E-state index is 12.9. The van der Waals surface area contributed by atoms with E-state index in [0.717, 1.165) is 77.0 Å². The van der Waals surface area contributed by atoms with Crippen molar-refractivity contribution in [3.8, 4) is 0 Å². The molecule has 0 saturated carbocycles. The molecule has 9 nitrogen and oxygen atoms in total. The average molecular weight is 1100 g/mol. The Labute approximate surface area is 486 Å². The number of esters is 2. The van der Waals surface area contributed by atoms with Crippen molar-refractivity contribution in [1.29, 1.82) is 0 Å². The van der Waals surface area contributed by atoms with Gasteiger partial charge in [-0.25, -0.2) is 0 Å². The number of allylic oxidation sites excluding steroid dienone is 16. The molecule has 0 spiro atoms. The maximum Gasteiger partial charge on any atom is 0.306 e. The van der Waals surface area contributed by atoms with Crippen molar-refractivity contribution >= 4 is 17.9 Å². The van der Waals surface area contributed by atoms with E-state index in [1.807, 2.05) is 21.1 Å². The highest BCUT2D eigenvalue weighted by Crippen LogP contribution is 2.17. The van der Waals surface area contributed by atoms with Gasteiger partial charge in [0.15, 0.2) is 12.4 Å². The number of nitrogens with zero attached hydrogens (tertiary/aromatic N) is 1. The van der Waals surface area contributed by atoms with Gasteiger partial charge in [-0.2, -0.15) is 0 Å². The van der Waals surface area contributed by atoms with Gasteiger partial charge in [0, 0.05) is 12.8 Å². The number of hydrogen-bond donors (Lipinski definition) is 0. The van der Waals surface area contributed by atoms with Crippen LogP contribution in [0.4, 0.5) is 0 Å². The van der Waals surface area contributed by atoms with E-state index < -0.39 is 30.3 Å². The zero-order valence-electron chi connectivity index (χ0n) is 51.7. The van der Waals surface area contributed by atoms with Gasteiger partial charge in [0.1, 0.15) is 13.2 Å². The van der Waals surface area contributed by atoms with Gasteiger partial charge in [-0.05, 0) is 89.9 Å². The fraction of sp³-hybridized carbons (Fsp3) is 0.729. The monoisotopic (exact) mass is 1100 g/mol. The van der Waals surface area contributed by atoms with Crippen molar-refractivity contribution in [1.82, 2.24) is 0 Å². The molecule has 0 aliphatic rings. The van der Waals surface area contributed by atoms with Crippen molar-refractivity contribution < 1.29 is 42.9 Å². The van der Waals surface area contributed by atoms with E-state index in [2.05, 4.69) is 111 Å². The first-order valence-corrected chi connectivity index (χ1v) is 32.4. The van der Waals surface area contributed by atoms with Crippen LogP contribution in [0.1, 0.15) is 271 Å². The van der Waals surface area contributed by atoms with Gasteiger partial charge in [0.2, 0.25) is 0 Å². The minimum Gasteiger partial charge on any atom is -0.545 e. The summed E-state index contributed by atoms with van der Waals surface area (Å²) in [6, 6.07) is 0. The van der Waals surface area contributed by atoms with Gasteiger partial charge in [-0.15, -0.1) is 0 Å². The van der Waals surface area contributed by atoms with Crippen LogP contribution in [0, 0.1) is 0 Å². The highest BCUT2D eigenvalue weighted by molar-refractivity contribution is 5.70. The van der Waals surface area contributed by atoms with Crippen molar-refractivity contribution in [3.05, 3.63) is 97.2 Å². The predicted molar refractivity (Wildman–Crippen MR) is 334 cm³/mol. The van der Waals surface area contributed by atoms with Gasteiger partial charge in [0.05, 0.1) is 40.3 Å². The van der Waals surface area contributed by atoms with Gasteiger partial charge in [-0.3, -0.25) is 9.59 Å². The Bertz CT molecular complexity index is 1620. The Balaban J connectivity index is 3.99. The third-order valence-electron chi connectivity index (χ3n) is 13.8. The second kappa shape index (κ2) is 60.3. The van der Waals surface area contributed by atoms with E-state index in [4.69, 9.17) is 18.9 Å². The van der Waals surface area contributed by atoms with Crippen molar-refractivity contribution in [2.24, 2.45) is 0 Å². The van der Waals surface area contributed by atoms with E-state index in [0.29, 0.717) is 23.9 Å². The van der Waals surface area contributed by atoms with E-state index in [1.54, 1.807) is 0 Å². The Hall–Kier alpha value is -3.79. The van der Waals surface area contributed by atoms with Crippen LogP contribution in [0.3, 0.4) is 0 Å². The van der Waals surface area contributed by atoms with Crippen LogP contribution in [-0.2, 0) is 33.3 Å². The molecule has 0 aliphatic carbocycles. The Morgan fingerprint density at radius 1 is 0.380 bits per heavy atom. The van der Waals surface area contributed by atoms with Crippen LogP contribution in [0.2, 0.25) is 0 Å². The smallest absolute Gasteiger partial charge is 0.306 e. The van der Waals surface area contributed by atoms with Crippen LogP contribution in [0.5, 0.6) is 0 Å². The first kappa shape index (κ1) is 75.2. The normalized spacial score (nSPS) is 13.4.